The van der Waals surface area contributed by atoms with E-state index >= 15 is 0 Å². The largest absolute Gasteiger partial charge is 0.493 e. The van der Waals surface area contributed by atoms with Crippen LogP contribution in [0.25, 0.3) is 6.08 Å². The van der Waals surface area contributed by atoms with Gasteiger partial charge in [0.2, 0.25) is 0 Å². The zero-order valence-electron chi connectivity index (χ0n) is 15.5. The van der Waals surface area contributed by atoms with Crippen LogP contribution in [0, 0.1) is 11.3 Å². The maximum Gasteiger partial charge on any atom is 0.343 e. The molecule has 0 fully saturated rings. The molecule has 0 aromatic heterocycles. The Hall–Kier alpha value is -2.83. The quantitative estimate of drug-likeness (QED) is 0.330. The Labute approximate surface area is 184 Å². The van der Waals surface area contributed by atoms with Crippen LogP contribution >= 0.6 is 31.9 Å². The van der Waals surface area contributed by atoms with E-state index in [0.29, 0.717) is 27.2 Å². The van der Waals surface area contributed by atoms with Gasteiger partial charge in [0.05, 0.1) is 14.2 Å². The van der Waals surface area contributed by atoms with E-state index in [2.05, 4.69) is 41.9 Å². The van der Waals surface area contributed by atoms with Crippen molar-refractivity contribution in [3.63, 3.8) is 0 Å². The Kier molecular flexibility index (Phi) is 8.24. The van der Waals surface area contributed by atoms with Crippen LogP contribution in [-0.4, -0.2) is 32.7 Å². The molecule has 0 heterocycles. The minimum atomic E-state index is -0.549. The Morgan fingerprint density at radius 1 is 1.14 bits per heavy atom. The van der Waals surface area contributed by atoms with Gasteiger partial charge in [-0.15, -0.1) is 0 Å². The standard InChI is InChI=1S/C20H16Br2N2O5/c1-27-17-8-12(16(22)9-18(17)29-11-19(25)28-2)7-13(10-23)20(26)24-15-5-3-14(21)4-6-15/h3-9H,11H2,1-2H3,(H,24,26)/b13-7-. The first kappa shape index (κ1) is 22.5. The molecule has 0 aliphatic heterocycles. The lowest BCUT2D eigenvalue weighted by Crippen LogP contribution is -2.13. The summed E-state index contributed by atoms with van der Waals surface area (Å²) in [7, 11) is 2.70. The molecule has 0 radical (unpaired) electrons. The average molecular weight is 524 g/mol. The Bertz CT molecular complexity index is 982. The number of hydrogen-bond donors (Lipinski definition) is 1. The van der Waals surface area contributed by atoms with Gasteiger partial charge in [-0.2, -0.15) is 5.26 Å². The summed E-state index contributed by atoms with van der Waals surface area (Å²) < 4.78 is 16.6. The minimum Gasteiger partial charge on any atom is -0.493 e. The average Bonchev–Trinajstić information content (AvgIpc) is 2.72. The highest BCUT2D eigenvalue weighted by atomic mass is 79.9. The highest BCUT2D eigenvalue weighted by Gasteiger charge is 2.14. The van der Waals surface area contributed by atoms with Gasteiger partial charge in [0.15, 0.2) is 18.1 Å². The lowest BCUT2D eigenvalue weighted by Gasteiger charge is -2.12. The Morgan fingerprint density at radius 2 is 1.83 bits per heavy atom. The number of nitrogens with zero attached hydrogens (tertiary/aromatic N) is 1. The van der Waals surface area contributed by atoms with Crippen molar-refractivity contribution >= 4 is 55.5 Å². The number of carbonyl (C=O) groups excluding carboxylic acids is 2. The van der Waals surface area contributed by atoms with E-state index < -0.39 is 11.9 Å². The molecule has 150 valence electrons. The van der Waals surface area contributed by atoms with Gasteiger partial charge in [-0.05, 0) is 48.0 Å². The van der Waals surface area contributed by atoms with Crippen LogP contribution in [0.1, 0.15) is 5.56 Å². The smallest absolute Gasteiger partial charge is 0.343 e. The number of halogens is 2. The molecule has 0 saturated heterocycles. The first-order valence-electron chi connectivity index (χ1n) is 8.13. The number of nitrogens with one attached hydrogen (secondary N) is 1. The lowest BCUT2D eigenvalue weighted by atomic mass is 10.1. The van der Waals surface area contributed by atoms with E-state index in [-0.39, 0.29) is 12.2 Å². The summed E-state index contributed by atoms with van der Waals surface area (Å²) in [6.07, 6.45) is 1.42. The molecule has 0 bridgehead atoms. The number of anilines is 1. The van der Waals surface area contributed by atoms with Gasteiger partial charge >= 0.3 is 5.97 Å². The summed E-state index contributed by atoms with van der Waals surface area (Å²) in [5.74, 6) is -0.455. The lowest BCUT2D eigenvalue weighted by molar-refractivity contribution is -0.142. The molecule has 1 amide bonds. The number of amides is 1. The van der Waals surface area contributed by atoms with Gasteiger partial charge in [-0.1, -0.05) is 31.9 Å². The monoisotopic (exact) mass is 522 g/mol. The molecule has 0 aliphatic carbocycles. The van der Waals surface area contributed by atoms with Crippen molar-refractivity contribution in [1.82, 2.24) is 0 Å². The molecule has 0 unspecified atom stereocenters. The van der Waals surface area contributed by atoms with E-state index in [1.807, 2.05) is 6.07 Å². The normalized spacial score (nSPS) is 10.7. The fourth-order valence-electron chi connectivity index (χ4n) is 2.17. The summed E-state index contributed by atoms with van der Waals surface area (Å²) in [6, 6.07) is 12.0. The minimum absolute atomic E-state index is 0.0982. The highest BCUT2D eigenvalue weighted by molar-refractivity contribution is 9.10. The van der Waals surface area contributed by atoms with Crippen molar-refractivity contribution in [3.05, 3.63) is 56.5 Å². The highest BCUT2D eigenvalue weighted by Crippen LogP contribution is 2.34. The van der Waals surface area contributed by atoms with E-state index in [1.54, 1.807) is 36.4 Å². The Balaban J connectivity index is 2.27. The number of rotatable bonds is 7. The summed E-state index contributed by atoms with van der Waals surface area (Å²) in [6.45, 7) is -0.284. The molecule has 2 aromatic rings. The van der Waals surface area contributed by atoms with Gasteiger partial charge in [0.25, 0.3) is 5.91 Å². The molecule has 0 spiro atoms. The fourth-order valence-corrected chi connectivity index (χ4v) is 2.87. The van der Waals surface area contributed by atoms with Gasteiger partial charge in [-0.3, -0.25) is 4.79 Å². The van der Waals surface area contributed by atoms with Gasteiger partial charge < -0.3 is 19.5 Å². The van der Waals surface area contributed by atoms with Crippen molar-refractivity contribution in [3.8, 4) is 17.6 Å². The molecule has 9 heteroatoms. The summed E-state index contributed by atoms with van der Waals surface area (Å²) in [5, 5.41) is 12.1. The van der Waals surface area contributed by atoms with Crippen LogP contribution in [-0.2, 0) is 14.3 Å². The van der Waals surface area contributed by atoms with E-state index in [1.165, 1.54) is 20.3 Å². The maximum absolute atomic E-state index is 12.4. The third kappa shape index (κ3) is 6.34. The zero-order valence-corrected chi connectivity index (χ0v) is 18.7. The number of carbonyl (C=O) groups is 2. The summed E-state index contributed by atoms with van der Waals surface area (Å²) in [4.78, 5) is 23.7. The molecule has 7 nitrogen and oxygen atoms in total. The second-order valence-corrected chi connectivity index (χ2v) is 7.29. The molecule has 1 N–H and O–H groups in total. The first-order valence-corrected chi connectivity index (χ1v) is 9.72. The second-order valence-electron chi connectivity index (χ2n) is 5.52. The molecular weight excluding hydrogens is 508 g/mol. The van der Waals surface area contributed by atoms with Crippen LogP contribution in [0.4, 0.5) is 5.69 Å². The van der Waals surface area contributed by atoms with Crippen LogP contribution in [0.2, 0.25) is 0 Å². The third-order valence-corrected chi connectivity index (χ3v) is 4.84. The molecule has 0 saturated carbocycles. The van der Waals surface area contributed by atoms with Crippen LogP contribution in [0.5, 0.6) is 11.5 Å². The fraction of sp³-hybridized carbons (Fsp3) is 0.150. The summed E-state index contributed by atoms with van der Waals surface area (Å²) >= 11 is 6.69. The van der Waals surface area contributed by atoms with Crippen molar-refractivity contribution in [1.29, 1.82) is 5.26 Å². The van der Waals surface area contributed by atoms with Gasteiger partial charge in [0.1, 0.15) is 11.6 Å². The second kappa shape index (κ2) is 10.6. The zero-order chi connectivity index (χ0) is 21.4. The third-order valence-electron chi connectivity index (χ3n) is 3.62. The number of methoxy groups -OCH3 is 2. The molecule has 0 atom stereocenters. The van der Waals surface area contributed by atoms with Crippen LogP contribution < -0.4 is 14.8 Å². The predicted molar refractivity (Wildman–Crippen MR) is 115 cm³/mol. The van der Waals surface area contributed by atoms with Crippen LogP contribution in [0.15, 0.2) is 50.9 Å². The topological polar surface area (TPSA) is 97.7 Å². The predicted octanol–water partition coefficient (Wildman–Crippen LogP) is 4.32. The number of benzene rings is 2. The molecule has 2 aromatic carbocycles. The van der Waals surface area contributed by atoms with Crippen molar-refractivity contribution in [2.45, 2.75) is 0 Å². The molecule has 29 heavy (non-hydrogen) atoms. The van der Waals surface area contributed by atoms with E-state index in [4.69, 9.17) is 9.47 Å². The molecule has 2 rings (SSSR count). The molecular formula is C20H16Br2N2O5. The Morgan fingerprint density at radius 3 is 2.41 bits per heavy atom. The number of esters is 1. The number of hydrogen-bond acceptors (Lipinski definition) is 6. The number of nitriles is 1. The van der Waals surface area contributed by atoms with Gasteiger partial charge in [0, 0.05) is 14.6 Å². The van der Waals surface area contributed by atoms with Gasteiger partial charge in [-0.25, -0.2) is 4.79 Å². The van der Waals surface area contributed by atoms with E-state index in [9.17, 15) is 14.9 Å². The van der Waals surface area contributed by atoms with Crippen LogP contribution in [0.3, 0.4) is 0 Å². The van der Waals surface area contributed by atoms with Crippen molar-refractivity contribution < 1.29 is 23.8 Å². The maximum atomic E-state index is 12.4. The SMILES string of the molecule is COC(=O)COc1cc(Br)c(/C=C(/C#N)C(=O)Nc2ccc(Br)cc2)cc1OC. The van der Waals surface area contributed by atoms with E-state index in [0.717, 1.165) is 4.47 Å². The van der Waals surface area contributed by atoms with Crippen molar-refractivity contribution in [2.24, 2.45) is 0 Å². The number of ether oxygens (including phenoxy) is 3. The van der Waals surface area contributed by atoms with Crippen molar-refractivity contribution in [2.75, 3.05) is 26.1 Å². The summed E-state index contributed by atoms with van der Waals surface area (Å²) in [5.41, 5.74) is 0.983. The molecule has 0 aliphatic rings. The first-order chi connectivity index (χ1) is 13.9.